The molecule has 0 saturated carbocycles. The predicted octanol–water partition coefficient (Wildman–Crippen LogP) is 9.11. The van der Waals surface area contributed by atoms with Gasteiger partial charge in [0.15, 0.2) is 11.5 Å². The molecular formula is C75H90N10O10S2. The van der Waals surface area contributed by atoms with Gasteiger partial charge in [0.1, 0.15) is 17.5 Å². The van der Waals surface area contributed by atoms with Crippen molar-refractivity contribution in [3.05, 3.63) is 198 Å². The molecule has 19 rings (SSSR count). The number of carbonyl (C=O) groups is 8. The van der Waals surface area contributed by atoms with Crippen LogP contribution in [0, 0.1) is 41.5 Å². The zero-order chi connectivity index (χ0) is 69.1. The van der Waals surface area contributed by atoms with Gasteiger partial charge in [-0.2, -0.15) is 0 Å². The van der Waals surface area contributed by atoms with Crippen LogP contribution in [0.15, 0.2) is 109 Å². The van der Waals surface area contributed by atoms with Gasteiger partial charge in [-0.3, -0.25) is 53.1 Å². The molecule has 0 spiro atoms. The molecule has 13 heterocycles. The molecule has 20 nitrogen and oxygen atoms in total. The van der Waals surface area contributed by atoms with Gasteiger partial charge in [-0.15, -0.1) is 0 Å². The molecule has 0 aromatic heterocycles. The minimum Gasteiger partial charge on any atom is -0.484 e. The fourth-order valence-electron chi connectivity index (χ4n) is 12.5. The zero-order valence-corrected chi connectivity index (χ0v) is 58.3. The number of nitrogens with zero attached hydrogens (tertiary/aromatic N) is 3. The third kappa shape index (κ3) is 18.8. The van der Waals surface area contributed by atoms with E-state index in [4.69, 9.17) is 21.7 Å². The number of benzene rings is 6. The molecule has 8 amide bonds. The van der Waals surface area contributed by atoms with Gasteiger partial charge >= 0.3 is 0 Å². The van der Waals surface area contributed by atoms with Gasteiger partial charge in [-0.05, 0) is 154 Å². The van der Waals surface area contributed by atoms with Crippen molar-refractivity contribution in [1.82, 2.24) is 51.9 Å². The van der Waals surface area contributed by atoms with Crippen LogP contribution in [0.2, 0.25) is 0 Å². The van der Waals surface area contributed by atoms with E-state index in [1.54, 1.807) is 53.4 Å². The average molecular weight is 1360 g/mol. The number of amides is 8. The summed E-state index contributed by atoms with van der Waals surface area (Å²) in [5.41, 5.74) is 8.22. The molecule has 97 heavy (non-hydrogen) atoms. The zero-order valence-electron chi connectivity index (χ0n) is 56.6. The fraction of sp³-hybridized carbons (Fsp3) is 0.400. The lowest BCUT2D eigenvalue weighted by Crippen LogP contribution is -2.51. The van der Waals surface area contributed by atoms with Crippen molar-refractivity contribution >= 4 is 75.6 Å². The first kappa shape index (κ1) is 72.3. The van der Waals surface area contributed by atoms with E-state index in [-0.39, 0.29) is 124 Å². The van der Waals surface area contributed by atoms with Crippen LogP contribution in [0.3, 0.4) is 0 Å². The lowest BCUT2D eigenvalue weighted by Gasteiger charge is -2.32. The van der Waals surface area contributed by atoms with E-state index in [0.717, 1.165) is 36.1 Å². The normalized spacial score (nSPS) is 18.6. The minimum absolute atomic E-state index is 0.0289. The van der Waals surface area contributed by atoms with Crippen LogP contribution in [-0.2, 0) is 13.2 Å². The Morgan fingerprint density at radius 2 is 0.887 bits per heavy atom. The molecule has 0 aliphatic carbocycles. The molecule has 4 atom stereocenters. The molecule has 13 aliphatic heterocycles. The number of unbranched alkanes of at least 4 members (excludes halogenated alkanes) is 2. The van der Waals surface area contributed by atoms with E-state index in [1.807, 2.05) is 107 Å². The molecule has 512 valence electrons. The quantitative estimate of drug-likeness (QED) is 0.0353. The minimum atomic E-state index is -0.594. The van der Waals surface area contributed by atoms with Crippen molar-refractivity contribution in [2.45, 2.75) is 112 Å². The molecule has 1 fully saturated rings. The van der Waals surface area contributed by atoms with Gasteiger partial charge in [-0.25, -0.2) is 0 Å². The number of carbonyl (C=O) groups excluding carboxylic acids is 8. The lowest BCUT2D eigenvalue weighted by molar-refractivity contribution is 0.0856. The first-order chi connectivity index (χ1) is 46.8. The number of nitrogens with one attached hydrogen (secondary N) is 7. The van der Waals surface area contributed by atoms with Crippen molar-refractivity contribution in [3.63, 3.8) is 0 Å². The summed E-state index contributed by atoms with van der Waals surface area (Å²) < 4.78 is 13.9. The van der Waals surface area contributed by atoms with Crippen molar-refractivity contribution in [2.24, 2.45) is 0 Å². The fourth-order valence-corrected chi connectivity index (χ4v) is 13.7. The molecule has 13 aliphatic rings. The number of hydrogen-bond donors (Lipinski definition) is 7. The van der Waals surface area contributed by atoms with Crippen molar-refractivity contribution in [2.75, 3.05) is 84.3 Å². The van der Waals surface area contributed by atoms with Crippen molar-refractivity contribution < 1.29 is 47.8 Å². The lowest BCUT2D eigenvalue weighted by atomic mass is 9.96. The van der Waals surface area contributed by atoms with Crippen LogP contribution in [0.5, 0.6) is 11.5 Å². The molecule has 6 aromatic carbocycles. The second-order valence-electron chi connectivity index (χ2n) is 25.0. The standard InChI is InChI=1S/C75H90N10O10S2/c1-8-9-12-22-55-43-84-40-36-79-70(89)58-25-24-57(47(2)48(58)3)68(87)77-33-37-83(39-35-80-71(90)63-30-31-64(73(92)82-55)66(95-46-54-20-15-11-16-21-54)65(63)94-45-53-18-13-10-14-19-53)38-34-78-69(88)59-26-27-61(50(5)49(59)4)72(91)81-56(44-84)23-17-32-76-67(86)60-28-29-62(52(7)51(60)6)74(93)85-41-42-97-75(85)96/h10-11,13-16,18-21,24-31,55-56H,8-9,12,17,22-23,32-46H2,1-7H3,(H,76,86)(H,77,87)(H,78,88)(H,79,89)(H,80,90)(H,81,91)(H,82,92)/t55-,56-/m0/s1. The Kier molecular flexibility index (Phi) is 26.0. The Bertz CT molecular complexity index is 3890. The first-order valence-electron chi connectivity index (χ1n) is 33.6. The summed E-state index contributed by atoms with van der Waals surface area (Å²) in [5.74, 6) is -1.99. The highest BCUT2D eigenvalue weighted by Crippen LogP contribution is 2.37. The Labute approximate surface area is 578 Å². The van der Waals surface area contributed by atoms with E-state index in [9.17, 15) is 33.6 Å². The highest BCUT2D eigenvalue weighted by Gasteiger charge is 2.31. The number of thiocarbonyl (C=S) groups is 1. The Morgan fingerprint density at radius 1 is 0.485 bits per heavy atom. The van der Waals surface area contributed by atoms with E-state index in [0.29, 0.717) is 117 Å². The average Bonchev–Trinajstić information content (AvgIpc) is 1.20. The maximum Gasteiger partial charge on any atom is 0.259 e. The van der Waals surface area contributed by atoms with Gasteiger partial charge in [0.05, 0.1) is 11.1 Å². The predicted molar refractivity (Wildman–Crippen MR) is 382 cm³/mol. The third-order valence-electron chi connectivity index (χ3n) is 18.5. The van der Waals surface area contributed by atoms with Gasteiger partial charge in [0, 0.05) is 130 Å². The SMILES string of the molecule is CCCCC[C@H]1CN2CCNC(=O)c3ccc(c(C)c3C)C(=O)NCCN(CCNC(=O)c3ccc(c(C)c3C)C(=O)N[C@@H](CCCNC(=O)c3ccc(C(=O)N4CCSC4=S)c(C)c3C)C2)CCNC(=O)c2ccc(c(OCc3ccccc3)c2OCc2ccccc2)C(=O)N1. The van der Waals surface area contributed by atoms with Crippen LogP contribution in [0.25, 0.3) is 0 Å². The number of rotatable bonds is 16. The maximum atomic E-state index is 15.5. The number of hydrogen-bond acceptors (Lipinski definition) is 14. The third-order valence-corrected chi connectivity index (χ3v) is 20.0. The second-order valence-corrected chi connectivity index (χ2v) is 26.8. The summed E-state index contributed by atoms with van der Waals surface area (Å²) in [6, 6.07) is 31.0. The topological polar surface area (TPSA) is 249 Å². The molecule has 0 radical (unpaired) electrons. The molecule has 6 aromatic rings. The summed E-state index contributed by atoms with van der Waals surface area (Å²) in [5, 5.41) is 22.1. The van der Waals surface area contributed by atoms with Gasteiger partial charge in [-0.1, -0.05) is 111 Å². The Balaban J connectivity index is 1.11. The molecule has 1 saturated heterocycles. The summed E-state index contributed by atoms with van der Waals surface area (Å²) in [7, 11) is 0. The van der Waals surface area contributed by atoms with E-state index < -0.39 is 23.9 Å². The van der Waals surface area contributed by atoms with Crippen LogP contribution in [0.4, 0.5) is 0 Å². The van der Waals surface area contributed by atoms with Crippen LogP contribution in [-0.4, -0.2) is 163 Å². The monoisotopic (exact) mass is 1350 g/mol. The number of thioether (sulfide) groups is 1. The van der Waals surface area contributed by atoms with Crippen LogP contribution < -0.4 is 46.7 Å². The maximum absolute atomic E-state index is 15.5. The van der Waals surface area contributed by atoms with Crippen LogP contribution in [0.1, 0.15) is 173 Å². The van der Waals surface area contributed by atoms with Crippen molar-refractivity contribution in [3.8, 4) is 11.5 Å². The van der Waals surface area contributed by atoms with E-state index >= 15 is 4.79 Å². The van der Waals surface area contributed by atoms with Gasteiger partial charge < -0.3 is 46.7 Å². The van der Waals surface area contributed by atoms with E-state index in [2.05, 4.69) is 49.0 Å². The van der Waals surface area contributed by atoms with Crippen molar-refractivity contribution in [1.29, 1.82) is 0 Å². The Morgan fingerprint density at radius 3 is 1.35 bits per heavy atom. The molecular weight excluding hydrogens is 1270 g/mol. The Hall–Kier alpha value is -8.96. The summed E-state index contributed by atoms with van der Waals surface area (Å²) in [6.45, 7) is 16.1. The largest absolute Gasteiger partial charge is 0.484 e. The van der Waals surface area contributed by atoms with Crippen LogP contribution >= 0.6 is 24.0 Å². The highest BCUT2D eigenvalue weighted by molar-refractivity contribution is 8.23. The van der Waals surface area contributed by atoms with Gasteiger partial charge in [0.25, 0.3) is 47.3 Å². The van der Waals surface area contributed by atoms with Gasteiger partial charge in [0.2, 0.25) is 0 Å². The molecule has 7 N–H and O–H groups in total. The molecule has 8 bridgehead atoms. The highest BCUT2D eigenvalue weighted by atomic mass is 32.2. The number of ether oxygens (including phenoxy) is 2. The summed E-state index contributed by atoms with van der Waals surface area (Å²) >= 11 is 6.92. The first-order valence-corrected chi connectivity index (χ1v) is 35.0. The molecule has 22 heteroatoms. The van der Waals surface area contributed by atoms with E-state index in [1.165, 1.54) is 11.8 Å². The summed E-state index contributed by atoms with van der Waals surface area (Å²) in [6.07, 6.45) is 3.82. The summed E-state index contributed by atoms with van der Waals surface area (Å²) in [4.78, 5) is 121. The second kappa shape index (κ2) is 34.8. The smallest absolute Gasteiger partial charge is 0.259 e. The molecule has 2 unspecified atom stereocenters.